The summed E-state index contributed by atoms with van der Waals surface area (Å²) in [6, 6.07) is 7.30. The zero-order valence-electron chi connectivity index (χ0n) is 9.07. The van der Waals surface area contributed by atoms with Gasteiger partial charge in [0.05, 0.1) is 16.7 Å². The van der Waals surface area contributed by atoms with Gasteiger partial charge in [-0.25, -0.2) is 9.79 Å². The topological polar surface area (TPSA) is 38.7 Å². The van der Waals surface area contributed by atoms with E-state index >= 15 is 0 Å². The Labute approximate surface area is 88.8 Å². The molecular formula is C12H13NO2. The Morgan fingerprint density at radius 2 is 1.73 bits per heavy atom. The highest BCUT2D eigenvalue weighted by Crippen LogP contribution is 2.22. The molecule has 0 bridgehead atoms. The summed E-state index contributed by atoms with van der Waals surface area (Å²) < 4.78 is 5.12. The molecule has 1 aromatic carbocycles. The fraction of sp³-hybridized carbons (Fsp3) is 0.333. The Hall–Kier alpha value is -1.64. The van der Waals surface area contributed by atoms with Crippen molar-refractivity contribution in [3.8, 4) is 0 Å². The molecule has 0 spiro atoms. The van der Waals surface area contributed by atoms with Gasteiger partial charge < -0.3 is 4.74 Å². The normalized spacial score (nSPS) is 17.8. The van der Waals surface area contributed by atoms with Crippen LogP contribution in [0.1, 0.15) is 36.7 Å². The minimum absolute atomic E-state index is 0.243. The Morgan fingerprint density at radius 1 is 1.13 bits per heavy atom. The van der Waals surface area contributed by atoms with E-state index in [0.29, 0.717) is 11.5 Å². The van der Waals surface area contributed by atoms with Gasteiger partial charge in [0, 0.05) is 0 Å². The minimum atomic E-state index is -0.311. The van der Waals surface area contributed by atoms with Crippen LogP contribution in [0.15, 0.2) is 29.3 Å². The Morgan fingerprint density at radius 3 is 2.33 bits per heavy atom. The third-order valence-corrected chi connectivity index (χ3v) is 2.00. The number of carbonyl (C=O) groups is 1. The van der Waals surface area contributed by atoms with Crippen molar-refractivity contribution >= 4 is 11.9 Å². The fourth-order valence-electron chi connectivity index (χ4n) is 1.43. The number of esters is 1. The summed E-state index contributed by atoms with van der Waals surface area (Å²) in [5, 5.41) is 0. The van der Waals surface area contributed by atoms with Crippen molar-refractivity contribution in [2.45, 2.75) is 26.3 Å². The zero-order chi connectivity index (χ0) is 11.1. The first-order valence-electron chi connectivity index (χ1n) is 4.89. The van der Waals surface area contributed by atoms with Gasteiger partial charge in [-0.1, -0.05) is 12.1 Å². The van der Waals surface area contributed by atoms with E-state index in [2.05, 4.69) is 4.99 Å². The van der Waals surface area contributed by atoms with E-state index in [-0.39, 0.29) is 11.5 Å². The monoisotopic (exact) mass is 203 g/mol. The van der Waals surface area contributed by atoms with Gasteiger partial charge in [-0.15, -0.1) is 0 Å². The molecule has 0 N–H and O–H groups in total. The molecule has 1 aromatic rings. The van der Waals surface area contributed by atoms with Crippen molar-refractivity contribution in [1.29, 1.82) is 0 Å². The number of hydrogen-bond acceptors (Lipinski definition) is 3. The van der Waals surface area contributed by atoms with Crippen LogP contribution in [0.3, 0.4) is 0 Å². The average molecular weight is 203 g/mol. The first-order valence-corrected chi connectivity index (χ1v) is 4.89. The maximum Gasteiger partial charge on any atom is 0.345 e. The van der Waals surface area contributed by atoms with Crippen LogP contribution in [0.5, 0.6) is 0 Å². The van der Waals surface area contributed by atoms with Crippen molar-refractivity contribution in [3.05, 3.63) is 35.4 Å². The lowest BCUT2D eigenvalue weighted by Gasteiger charge is -2.12. The number of hydrogen-bond donors (Lipinski definition) is 0. The minimum Gasteiger partial charge on any atom is -0.404 e. The van der Waals surface area contributed by atoms with Gasteiger partial charge in [0.1, 0.15) is 0 Å². The number of carbonyl (C=O) groups excluding carboxylic acids is 1. The van der Waals surface area contributed by atoms with Crippen LogP contribution in [0.25, 0.3) is 0 Å². The second kappa shape index (κ2) is 3.19. The van der Waals surface area contributed by atoms with Gasteiger partial charge >= 0.3 is 5.97 Å². The summed E-state index contributed by atoms with van der Waals surface area (Å²) in [5.74, 6) is 0.122. The summed E-state index contributed by atoms with van der Waals surface area (Å²) >= 11 is 0. The van der Waals surface area contributed by atoms with Gasteiger partial charge in [-0.05, 0) is 32.9 Å². The van der Waals surface area contributed by atoms with Gasteiger partial charge in [0.25, 0.3) is 0 Å². The van der Waals surface area contributed by atoms with Crippen LogP contribution >= 0.6 is 0 Å². The quantitative estimate of drug-likeness (QED) is 0.607. The molecule has 78 valence electrons. The van der Waals surface area contributed by atoms with E-state index in [9.17, 15) is 4.79 Å². The largest absolute Gasteiger partial charge is 0.404 e. The number of cyclic esters (lactones) is 1. The van der Waals surface area contributed by atoms with E-state index in [1.807, 2.05) is 39.0 Å². The van der Waals surface area contributed by atoms with E-state index in [4.69, 9.17) is 4.74 Å². The third kappa shape index (κ3) is 1.91. The van der Waals surface area contributed by atoms with Gasteiger partial charge in [0.15, 0.2) is 0 Å². The molecule has 2 rings (SSSR count). The summed E-state index contributed by atoms with van der Waals surface area (Å²) in [6.45, 7) is 5.90. The molecule has 0 aromatic heterocycles. The predicted octanol–water partition coefficient (Wildman–Crippen LogP) is 2.40. The van der Waals surface area contributed by atoms with Crippen molar-refractivity contribution in [3.63, 3.8) is 0 Å². The predicted molar refractivity (Wildman–Crippen MR) is 58.1 cm³/mol. The second-order valence-electron chi connectivity index (χ2n) is 4.52. The Bertz CT molecular complexity index is 441. The fourth-order valence-corrected chi connectivity index (χ4v) is 1.43. The molecule has 0 saturated carbocycles. The lowest BCUT2D eigenvalue weighted by atomic mass is 10.1. The molecule has 1 aliphatic heterocycles. The number of fused-ring (bicyclic) bond motifs is 1. The van der Waals surface area contributed by atoms with Crippen molar-refractivity contribution in [2.75, 3.05) is 0 Å². The highest BCUT2D eigenvalue weighted by atomic mass is 16.5. The lowest BCUT2D eigenvalue weighted by molar-refractivity contribution is 0.0736. The smallest absolute Gasteiger partial charge is 0.345 e. The first-order chi connectivity index (χ1) is 6.97. The second-order valence-corrected chi connectivity index (χ2v) is 4.52. The van der Waals surface area contributed by atoms with E-state index in [1.54, 1.807) is 6.07 Å². The molecule has 0 radical (unpaired) electrons. The maximum atomic E-state index is 11.5. The number of nitrogens with zero attached hydrogens (tertiary/aromatic N) is 1. The molecule has 0 saturated heterocycles. The maximum absolute atomic E-state index is 11.5. The summed E-state index contributed by atoms with van der Waals surface area (Å²) in [4.78, 5) is 15.8. The molecule has 0 aliphatic carbocycles. The molecule has 0 unspecified atom stereocenters. The number of aliphatic imine (C=N–C) groups is 1. The SMILES string of the molecule is CC(C)(C)N=C1OC(=O)c2ccccc21. The number of benzene rings is 1. The number of rotatable bonds is 0. The van der Waals surface area contributed by atoms with Crippen LogP contribution < -0.4 is 0 Å². The first kappa shape index (κ1) is 9.90. The van der Waals surface area contributed by atoms with Crippen LogP contribution in [0.4, 0.5) is 0 Å². The van der Waals surface area contributed by atoms with Crippen molar-refractivity contribution < 1.29 is 9.53 Å². The molecular weight excluding hydrogens is 190 g/mol. The van der Waals surface area contributed by atoms with Crippen molar-refractivity contribution in [2.24, 2.45) is 4.99 Å². The molecule has 0 atom stereocenters. The molecule has 15 heavy (non-hydrogen) atoms. The van der Waals surface area contributed by atoms with Gasteiger partial charge in [-0.3, -0.25) is 0 Å². The lowest BCUT2D eigenvalue weighted by Crippen LogP contribution is -2.14. The van der Waals surface area contributed by atoms with Crippen LogP contribution in [-0.2, 0) is 4.74 Å². The highest BCUT2D eigenvalue weighted by molar-refractivity contribution is 6.16. The van der Waals surface area contributed by atoms with Crippen LogP contribution in [0, 0.1) is 0 Å². The molecule has 0 fully saturated rings. The van der Waals surface area contributed by atoms with E-state index < -0.39 is 0 Å². The Kier molecular flexibility index (Phi) is 2.11. The summed E-state index contributed by atoms with van der Waals surface area (Å²) in [7, 11) is 0. The summed E-state index contributed by atoms with van der Waals surface area (Å²) in [5.41, 5.74) is 1.14. The summed E-state index contributed by atoms with van der Waals surface area (Å²) in [6.07, 6.45) is 0. The number of ether oxygens (including phenoxy) is 1. The molecule has 1 heterocycles. The highest BCUT2D eigenvalue weighted by Gasteiger charge is 2.28. The Balaban J connectivity index is 2.50. The van der Waals surface area contributed by atoms with E-state index in [0.717, 1.165) is 5.56 Å². The van der Waals surface area contributed by atoms with Gasteiger partial charge in [-0.2, -0.15) is 0 Å². The molecule has 3 nitrogen and oxygen atoms in total. The standard InChI is InChI=1S/C12H13NO2/c1-12(2,3)13-10-8-6-4-5-7-9(8)11(14)15-10/h4-7H,1-3H3. The van der Waals surface area contributed by atoms with E-state index in [1.165, 1.54) is 0 Å². The third-order valence-electron chi connectivity index (χ3n) is 2.00. The van der Waals surface area contributed by atoms with Crippen LogP contribution in [0.2, 0.25) is 0 Å². The van der Waals surface area contributed by atoms with Crippen molar-refractivity contribution in [1.82, 2.24) is 0 Å². The van der Waals surface area contributed by atoms with Gasteiger partial charge in [0.2, 0.25) is 5.90 Å². The molecule has 3 heteroatoms. The van der Waals surface area contributed by atoms with Crippen LogP contribution in [-0.4, -0.2) is 17.4 Å². The zero-order valence-corrected chi connectivity index (χ0v) is 9.07. The molecule has 0 amide bonds. The molecule has 1 aliphatic rings. The average Bonchev–Trinajstić information content (AvgIpc) is 2.42.